The van der Waals surface area contributed by atoms with Crippen molar-refractivity contribution in [1.82, 2.24) is 0 Å². The maximum Gasteiger partial charge on any atom is 0.311 e. The molecular weight excluding hydrogens is 232 g/mol. The average molecular weight is 248 g/mol. The lowest BCUT2D eigenvalue weighted by Gasteiger charge is -2.14. The number of carboxylic acid groups (broad SMARTS) is 1. The number of hydrogen-bond donors (Lipinski definition) is 2. The highest BCUT2D eigenvalue weighted by atomic mass is 16.4. The summed E-state index contributed by atoms with van der Waals surface area (Å²) in [6.45, 7) is 0.326. The Kier molecular flexibility index (Phi) is 3.34. The number of fused-ring (bicyclic) bond motifs is 1. The van der Waals surface area contributed by atoms with Gasteiger partial charge in [-0.3, -0.25) is 9.59 Å². The molecule has 1 aliphatic heterocycles. The van der Waals surface area contributed by atoms with E-state index in [9.17, 15) is 14.7 Å². The summed E-state index contributed by atoms with van der Waals surface area (Å²) in [5.41, 5.74) is 7.91. The fourth-order valence-corrected chi connectivity index (χ4v) is 2.31. The number of amides is 1. The molecule has 1 aromatic carbocycles. The molecule has 5 heteroatoms. The zero-order valence-corrected chi connectivity index (χ0v) is 10.2. The molecule has 1 atom stereocenters. The summed E-state index contributed by atoms with van der Waals surface area (Å²) in [6, 6.07) is 5.38. The minimum absolute atomic E-state index is 0.0350. The largest absolute Gasteiger partial charge is 0.481 e. The molecule has 0 fully saturated rings. The Balaban J connectivity index is 2.35. The molecule has 96 valence electrons. The summed E-state index contributed by atoms with van der Waals surface area (Å²) in [5, 5.41) is 9.18. The number of likely N-dealkylation sites (N-methyl/N-ethyl adjacent to an activating group) is 1. The van der Waals surface area contributed by atoms with Gasteiger partial charge in [0.25, 0.3) is 0 Å². The number of carbonyl (C=O) groups excluding carboxylic acids is 1. The van der Waals surface area contributed by atoms with Gasteiger partial charge in [-0.05, 0) is 30.2 Å². The second-order valence-corrected chi connectivity index (χ2v) is 4.49. The Hall–Kier alpha value is -1.88. The molecule has 1 heterocycles. The topological polar surface area (TPSA) is 83.6 Å². The van der Waals surface area contributed by atoms with Crippen LogP contribution in [0.15, 0.2) is 18.2 Å². The lowest BCUT2D eigenvalue weighted by atomic mass is 9.93. The first-order valence-corrected chi connectivity index (χ1v) is 5.87. The van der Waals surface area contributed by atoms with Gasteiger partial charge in [0.15, 0.2) is 0 Å². The van der Waals surface area contributed by atoms with Gasteiger partial charge in [-0.1, -0.05) is 12.1 Å². The molecule has 0 saturated carbocycles. The number of anilines is 1. The Labute approximate surface area is 105 Å². The van der Waals surface area contributed by atoms with Crippen LogP contribution in [0, 0.1) is 0 Å². The molecule has 0 aliphatic carbocycles. The van der Waals surface area contributed by atoms with Gasteiger partial charge in [0.1, 0.15) is 0 Å². The molecule has 0 bridgehead atoms. The summed E-state index contributed by atoms with van der Waals surface area (Å²) in [6.07, 6.45) is 0.743. The minimum Gasteiger partial charge on any atom is -0.481 e. The van der Waals surface area contributed by atoms with E-state index in [4.69, 9.17) is 5.73 Å². The number of carboxylic acids is 1. The molecular formula is C13H16N2O3. The number of aliphatic carboxylic acids is 1. The highest BCUT2D eigenvalue weighted by Gasteiger charge is 2.26. The van der Waals surface area contributed by atoms with Crippen LogP contribution in [-0.2, 0) is 16.0 Å². The fraction of sp³-hybridized carbons (Fsp3) is 0.385. The number of carbonyl (C=O) groups is 2. The van der Waals surface area contributed by atoms with E-state index in [1.807, 2.05) is 12.1 Å². The molecule has 0 aromatic heterocycles. The van der Waals surface area contributed by atoms with Crippen molar-refractivity contribution in [2.75, 3.05) is 18.5 Å². The van der Waals surface area contributed by atoms with E-state index in [-0.39, 0.29) is 5.91 Å². The lowest BCUT2D eigenvalue weighted by molar-refractivity contribution is -0.138. The van der Waals surface area contributed by atoms with Gasteiger partial charge in [0.05, 0.1) is 12.3 Å². The van der Waals surface area contributed by atoms with Gasteiger partial charge >= 0.3 is 5.97 Å². The van der Waals surface area contributed by atoms with Crippen LogP contribution >= 0.6 is 0 Å². The third kappa shape index (κ3) is 2.09. The van der Waals surface area contributed by atoms with Crippen molar-refractivity contribution in [3.8, 4) is 0 Å². The monoisotopic (exact) mass is 248 g/mol. The van der Waals surface area contributed by atoms with Gasteiger partial charge in [-0.2, -0.15) is 0 Å². The highest BCUT2D eigenvalue weighted by Crippen LogP contribution is 2.31. The van der Waals surface area contributed by atoms with Crippen molar-refractivity contribution in [3.63, 3.8) is 0 Å². The van der Waals surface area contributed by atoms with Crippen LogP contribution in [-0.4, -0.2) is 30.6 Å². The first kappa shape index (κ1) is 12.6. The van der Waals surface area contributed by atoms with Crippen LogP contribution < -0.4 is 10.6 Å². The van der Waals surface area contributed by atoms with E-state index in [0.717, 1.165) is 16.8 Å². The molecule has 1 unspecified atom stereocenters. The van der Waals surface area contributed by atoms with Crippen LogP contribution in [0.5, 0.6) is 0 Å². The van der Waals surface area contributed by atoms with E-state index in [0.29, 0.717) is 19.4 Å². The summed E-state index contributed by atoms with van der Waals surface area (Å²) in [5.74, 6) is -1.44. The van der Waals surface area contributed by atoms with Crippen LogP contribution in [0.2, 0.25) is 0 Å². The molecule has 18 heavy (non-hydrogen) atoms. The van der Waals surface area contributed by atoms with Crippen molar-refractivity contribution in [3.05, 3.63) is 29.3 Å². The molecule has 0 saturated heterocycles. The maximum absolute atomic E-state index is 11.6. The first-order valence-electron chi connectivity index (χ1n) is 5.87. The number of benzene rings is 1. The van der Waals surface area contributed by atoms with Gasteiger partial charge < -0.3 is 15.7 Å². The molecule has 5 nitrogen and oxygen atoms in total. The van der Waals surface area contributed by atoms with E-state index in [1.54, 1.807) is 18.0 Å². The second kappa shape index (κ2) is 4.78. The third-order valence-corrected chi connectivity index (χ3v) is 3.34. The van der Waals surface area contributed by atoms with Gasteiger partial charge in [-0.15, -0.1) is 0 Å². The fourth-order valence-electron chi connectivity index (χ4n) is 2.31. The maximum atomic E-state index is 11.6. The molecule has 1 aromatic rings. The number of hydrogen-bond acceptors (Lipinski definition) is 3. The SMILES string of the molecule is CN1C(=O)Cc2cc(C(CCN)C(=O)O)ccc21. The molecule has 1 amide bonds. The summed E-state index contributed by atoms with van der Waals surface area (Å²) in [7, 11) is 1.72. The smallest absolute Gasteiger partial charge is 0.311 e. The Morgan fingerprint density at radius 3 is 2.89 bits per heavy atom. The second-order valence-electron chi connectivity index (χ2n) is 4.49. The predicted molar refractivity (Wildman–Crippen MR) is 67.6 cm³/mol. The van der Waals surface area contributed by atoms with Gasteiger partial charge in [-0.25, -0.2) is 0 Å². The quantitative estimate of drug-likeness (QED) is 0.822. The summed E-state index contributed by atoms with van der Waals surface area (Å²) < 4.78 is 0. The molecule has 1 aliphatic rings. The van der Waals surface area contributed by atoms with Crippen LogP contribution in [0.4, 0.5) is 5.69 Å². The molecule has 2 rings (SSSR count). The zero-order chi connectivity index (χ0) is 13.3. The van der Waals surface area contributed by atoms with Crippen molar-refractivity contribution in [2.24, 2.45) is 5.73 Å². The third-order valence-electron chi connectivity index (χ3n) is 3.34. The zero-order valence-electron chi connectivity index (χ0n) is 10.2. The van der Waals surface area contributed by atoms with Crippen molar-refractivity contribution >= 4 is 17.6 Å². The van der Waals surface area contributed by atoms with Crippen LogP contribution in [0.25, 0.3) is 0 Å². The Morgan fingerprint density at radius 2 is 2.28 bits per heavy atom. The molecule has 0 radical (unpaired) electrons. The Morgan fingerprint density at radius 1 is 1.56 bits per heavy atom. The van der Waals surface area contributed by atoms with Gasteiger partial charge in [0.2, 0.25) is 5.91 Å². The highest BCUT2D eigenvalue weighted by molar-refractivity contribution is 6.01. The standard InChI is InChI=1S/C13H16N2O3/c1-15-11-3-2-8(6-9(11)7-12(15)16)10(4-5-14)13(17)18/h2-3,6,10H,4-5,7,14H2,1H3,(H,17,18). The number of nitrogens with two attached hydrogens (primary N) is 1. The number of nitrogens with zero attached hydrogens (tertiary/aromatic N) is 1. The average Bonchev–Trinajstić information content (AvgIpc) is 2.61. The van der Waals surface area contributed by atoms with E-state index < -0.39 is 11.9 Å². The normalized spacial score (nSPS) is 15.7. The molecule has 3 N–H and O–H groups in total. The minimum atomic E-state index is -0.877. The summed E-state index contributed by atoms with van der Waals surface area (Å²) >= 11 is 0. The lowest BCUT2D eigenvalue weighted by Crippen LogP contribution is -2.20. The van der Waals surface area contributed by atoms with Gasteiger partial charge in [0, 0.05) is 12.7 Å². The predicted octanol–water partition coefficient (Wildman–Crippen LogP) is 0.723. The molecule has 0 spiro atoms. The van der Waals surface area contributed by atoms with E-state index in [2.05, 4.69) is 0 Å². The van der Waals surface area contributed by atoms with Crippen molar-refractivity contribution in [2.45, 2.75) is 18.8 Å². The van der Waals surface area contributed by atoms with Crippen LogP contribution in [0.3, 0.4) is 0 Å². The number of rotatable bonds is 4. The van der Waals surface area contributed by atoms with E-state index >= 15 is 0 Å². The van der Waals surface area contributed by atoms with Crippen molar-refractivity contribution < 1.29 is 14.7 Å². The van der Waals surface area contributed by atoms with Crippen LogP contribution in [0.1, 0.15) is 23.5 Å². The Bertz CT molecular complexity index is 499. The summed E-state index contributed by atoms with van der Waals surface area (Å²) in [4.78, 5) is 24.3. The van der Waals surface area contributed by atoms with E-state index in [1.165, 1.54) is 0 Å². The first-order chi connectivity index (χ1) is 8.54. The van der Waals surface area contributed by atoms with Crippen molar-refractivity contribution in [1.29, 1.82) is 0 Å².